The van der Waals surface area contributed by atoms with Crippen molar-refractivity contribution in [2.45, 2.75) is 44.6 Å². The van der Waals surface area contributed by atoms with Crippen LogP contribution in [0.3, 0.4) is 0 Å². The lowest BCUT2D eigenvalue weighted by Crippen LogP contribution is -2.24. The van der Waals surface area contributed by atoms with E-state index in [4.69, 9.17) is 4.52 Å². The molecule has 1 unspecified atom stereocenters. The van der Waals surface area contributed by atoms with Gasteiger partial charge in [-0.2, -0.15) is 4.98 Å². The maximum absolute atomic E-state index is 12.4. The summed E-state index contributed by atoms with van der Waals surface area (Å²) in [5.41, 5.74) is 2.58. The summed E-state index contributed by atoms with van der Waals surface area (Å²) in [6, 6.07) is 12.3. The molecule has 2 aromatic heterocycles. The van der Waals surface area contributed by atoms with Crippen LogP contribution in [0.1, 0.15) is 47.0 Å². The summed E-state index contributed by atoms with van der Waals surface area (Å²) in [7, 11) is 0. The van der Waals surface area contributed by atoms with E-state index in [1.165, 1.54) is 23.3 Å². The van der Waals surface area contributed by atoms with Gasteiger partial charge < -0.3 is 9.42 Å². The SMILES string of the molecule is O=C1CC(c2noc(-c3cc4c(s3)CCCC4)n2)CN1Cc1ccccc1. The van der Waals surface area contributed by atoms with Crippen molar-refractivity contribution in [2.75, 3.05) is 6.54 Å². The van der Waals surface area contributed by atoms with Gasteiger partial charge in [-0.05, 0) is 42.9 Å². The molecule has 3 aromatic rings. The zero-order chi connectivity index (χ0) is 18.2. The highest BCUT2D eigenvalue weighted by Gasteiger charge is 2.34. The summed E-state index contributed by atoms with van der Waals surface area (Å²) in [5.74, 6) is 1.41. The predicted octanol–water partition coefficient (Wildman–Crippen LogP) is 4.19. The van der Waals surface area contributed by atoms with Gasteiger partial charge in [0.2, 0.25) is 5.91 Å². The smallest absolute Gasteiger partial charge is 0.268 e. The highest BCUT2D eigenvalue weighted by molar-refractivity contribution is 7.15. The monoisotopic (exact) mass is 379 g/mol. The number of aryl methyl sites for hydroxylation is 2. The predicted molar refractivity (Wildman–Crippen MR) is 103 cm³/mol. The number of carbonyl (C=O) groups excluding carboxylic acids is 1. The van der Waals surface area contributed by atoms with E-state index in [0.29, 0.717) is 31.2 Å². The Morgan fingerprint density at radius 3 is 2.89 bits per heavy atom. The van der Waals surface area contributed by atoms with Gasteiger partial charge in [-0.25, -0.2) is 0 Å². The number of thiophene rings is 1. The lowest BCUT2D eigenvalue weighted by molar-refractivity contribution is -0.128. The fourth-order valence-corrected chi connectivity index (χ4v) is 5.17. The third-order valence-electron chi connectivity index (χ3n) is 5.45. The Morgan fingerprint density at radius 1 is 1.19 bits per heavy atom. The lowest BCUT2D eigenvalue weighted by Gasteiger charge is -2.15. The first-order chi connectivity index (χ1) is 13.3. The fourth-order valence-electron chi connectivity index (χ4n) is 4.00. The molecular formula is C21H21N3O2S. The number of hydrogen-bond donors (Lipinski definition) is 0. The van der Waals surface area contributed by atoms with Gasteiger partial charge in [-0.3, -0.25) is 4.79 Å². The number of benzene rings is 1. The topological polar surface area (TPSA) is 59.2 Å². The van der Waals surface area contributed by atoms with Crippen molar-refractivity contribution in [3.63, 3.8) is 0 Å². The van der Waals surface area contributed by atoms with Gasteiger partial charge in [0.15, 0.2) is 5.82 Å². The molecule has 1 saturated heterocycles. The molecule has 5 nitrogen and oxygen atoms in total. The van der Waals surface area contributed by atoms with Crippen molar-refractivity contribution in [1.82, 2.24) is 15.0 Å². The van der Waals surface area contributed by atoms with Crippen LogP contribution in [0.2, 0.25) is 0 Å². The van der Waals surface area contributed by atoms with E-state index in [0.717, 1.165) is 23.3 Å². The maximum Gasteiger partial charge on any atom is 0.268 e. The van der Waals surface area contributed by atoms with Crippen LogP contribution >= 0.6 is 11.3 Å². The third kappa shape index (κ3) is 3.30. The van der Waals surface area contributed by atoms with E-state index in [-0.39, 0.29) is 11.8 Å². The Labute approximate surface area is 162 Å². The molecule has 1 atom stereocenters. The number of aromatic nitrogens is 2. The van der Waals surface area contributed by atoms with Crippen molar-refractivity contribution in [3.05, 3.63) is 58.2 Å². The molecule has 0 spiro atoms. The highest BCUT2D eigenvalue weighted by Crippen LogP contribution is 2.36. The molecular weight excluding hydrogens is 358 g/mol. The number of likely N-dealkylation sites (tertiary alicyclic amines) is 1. The molecule has 0 radical (unpaired) electrons. The molecule has 138 valence electrons. The number of amides is 1. The van der Waals surface area contributed by atoms with E-state index in [2.05, 4.69) is 16.2 Å². The first-order valence-electron chi connectivity index (χ1n) is 9.53. The number of rotatable bonds is 4. The van der Waals surface area contributed by atoms with Crippen molar-refractivity contribution >= 4 is 17.2 Å². The van der Waals surface area contributed by atoms with Gasteiger partial charge in [-0.1, -0.05) is 35.5 Å². The summed E-state index contributed by atoms with van der Waals surface area (Å²) < 4.78 is 5.55. The molecule has 1 aliphatic carbocycles. The van der Waals surface area contributed by atoms with Gasteiger partial charge >= 0.3 is 0 Å². The standard InChI is InChI=1S/C21H21N3O2S/c25-19-11-16(13-24(19)12-14-6-2-1-3-7-14)20-22-21(26-23-20)18-10-15-8-4-5-9-17(15)27-18/h1-3,6-7,10,16H,4-5,8-9,11-13H2. The molecule has 0 N–H and O–H groups in total. The van der Waals surface area contributed by atoms with Crippen LogP contribution in [0, 0.1) is 0 Å². The van der Waals surface area contributed by atoms with Gasteiger partial charge in [0, 0.05) is 30.3 Å². The van der Waals surface area contributed by atoms with Gasteiger partial charge in [0.05, 0.1) is 4.88 Å². The summed E-state index contributed by atoms with van der Waals surface area (Å²) in [4.78, 5) is 21.5. The van der Waals surface area contributed by atoms with Gasteiger partial charge in [0.1, 0.15) is 0 Å². The summed E-state index contributed by atoms with van der Waals surface area (Å²) in [6.45, 7) is 1.28. The second-order valence-electron chi connectivity index (χ2n) is 7.38. The van der Waals surface area contributed by atoms with Crippen LogP contribution in [-0.4, -0.2) is 27.5 Å². The maximum atomic E-state index is 12.4. The lowest BCUT2D eigenvalue weighted by atomic mass is 9.99. The van der Waals surface area contributed by atoms with Crippen LogP contribution in [-0.2, 0) is 24.2 Å². The number of hydrogen-bond acceptors (Lipinski definition) is 5. The number of nitrogens with zero attached hydrogens (tertiary/aromatic N) is 3. The molecule has 1 aliphatic heterocycles. The third-order valence-corrected chi connectivity index (χ3v) is 6.67. The molecule has 6 heteroatoms. The summed E-state index contributed by atoms with van der Waals surface area (Å²) >= 11 is 1.77. The Bertz CT molecular complexity index is 939. The number of carbonyl (C=O) groups is 1. The summed E-state index contributed by atoms with van der Waals surface area (Å²) in [5, 5.41) is 4.20. The highest BCUT2D eigenvalue weighted by atomic mass is 32.1. The fraction of sp³-hybridized carbons (Fsp3) is 0.381. The van der Waals surface area contributed by atoms with Gasteiger partial charge in [0.25, 0.3) is 5.89 Å². The Balaban J connectivity index is 1.31. The first kappa shape index (κ1) is 16.7. The molecule has 1 amide bonds. The second-order valence-corrected chi connectivity index (χ2v) is 8.52. The minimum Gasteiger partial charge on any atom is -0.338 e. The van der Waals surface area contributed by atoms with Crippen LogP contribution < -0.4 is 0 Å². The largest absolute Gasteiger partial charge is 0.338 e. The van der Waals surface area contributed by atoms with E-state index in [1.54, 1.807) is 11.3 Å². The molecule has 3 heterocycles. The Kier molecular flexibility index (Phi) is 4.28. The molecule has 1 aromatic carbocycles. The molecule has 2 aliphatic rings. The Morgan fingerprint density at radius 2 is 2.04 bits per heavy atom. The molecule has 1 fully saturated rings. The molecule has 0 saturated carbocycles. The van der Waals surface area contributed by atoms with Crippen LogP contribution in [0.25, 0.3) is 10.8 Å². The zero-order valence-corrected chi connectivity index (χ0v) is 15.9. The first-order valence-corrected chi connectivity index (χ1v) is 10.3. The normalized spacial score (nSPS) is 19.5. The second kappa shape index (κ2) is 6.93. The van der Waals surface area contributed by atoms with E-state index < -0.39 is 0 Å². The van der Waals surface area contributed by atoms with Crippen LogP contribution in [0.5, 0.6) is 0 Å². The quantitative estimate of drug-likeness (QED) is 0.682. The average molecular weight is 379 g/mol. The average Bonchev–Trinajstić information content (AvgIpc) is 3.41. The minimum absolute atomic E-state index is 0.00768. The summed E-state index contributed by atoms with van der Waals surface area (Å²) in [6.07, 6.45) is 5.29. The van der Waals surface area contributed by atoms with Crippen molar-refractivity contribution in [3.8, 4) is 10.8 Å². The number of fused-ring (bicyclic) bond motifs is 1. The van der Waals surface area contributed by atoms with Crippen molar-refractivity contribution in [1.29, 1.82) is 0 Å². The van der Waals surface area contributed by atoms with E-state index in [9.17, 15) is 4.79 Å². The molecule has 27 heavy (non-hydrogen) atoms. The Hall–Kier alpha value is -2.47. The van der Waals surface area contributed by atoms with Gasteiger partial charge in [-0.15, -0.1) is 11.3 Å². The van der Waals surface area contributed by atoms with E-state index >= 15 is 0 Å². The molecule has 5 rings (SSSR count). The zero-order valence-electron chi connectivity index (χ0n) is 15.1. The molecule has 0 bridgehead atoms. The van der Waals surface area contributed by atoms with E-state index in [1.807, 2.05) is 35.2 Å². The van der Waals surface area contributed by atoms with Crippen molar-refractivity contribution < 1.29 is 9.32 Å². The minimum atomic E-state index is 0.00768. The van der Waals surface area contributed by atoms with Crippen molar-refractivity contribution in [2.24, 2.45) is 0 Å². The van der Waals surface area contributed by atoms with Crippen LogP contribution in [0.4, 0.5) is 0 Å². The van der Waals surface area contributed by atoms with Crippen LogP contribution in [0.15, 0.2) is 40.9 Å².